The Bertz CT molecular complexity index is 801. The van der Waals surface area contributed by atoms with Gasteiger partial charge >= 0.3 is 0 Å². The summed E-state index contributed by atoms with van der Waals surface area (Å²) in [5.41, 5.74) is 1.03. The van der Waals surface area contributed by atoms with Crippen molar-refractivity contribution >= 4 is 11.8 Å². The molecule has 1 saturated heterocycles. The summed E-state index contributed by atoms with van der Waals surface area (Å²) in [6.45, 7) is 2.45. The summed E-state index contributed by atoms with van der Waals surface area (Å²) in [6, 6.07) is 9.98. The molecule has 4 rings (SSSR count). The lowest BCUT2D eigenvalue weighted by Crippen LogP contribution is -2.39. The van der Waals surface area contributed by atoms with Crippen LogP contribution in [0, 0.1) is 5.92 Å². The first-order chi connectivity index (χ1) is 12.1. The minimum absolute atomic E-state index is 0.0525. The molecule has 7 heteroatoms. The minimum Gasteiger partial charge on any atom is -0.345 e. The van der Waals surface area contributed by atoms with Gasteiger partial charge in [-0.3, -0.25) is 9.59 Å². The third-order valence-corrected chi connectivity index (χ3v) is 5.06. The van der Waals surface area contributed by atoms with Crippen molar-refractivity contribution in [3.05, 3.63) is 36.2 Å². The topological polar surface area (TPSA) is 71.3 Å². The van der Waals surface area contributed by atoms with Crippen molar-refractivity contribution in [1.82, 2.24) is 24.6 Å². The molecule has 2 aliphatic heterocycles. The second-order valence-electron chi connectivity index (χ2n) is 6.71. The molecule has 130 valence electrons. The lowest BCUT2D eigenvalue weighted by Gasteiger charge is -2.23. The van der Waals surface area contributed by atoms with Gasteiger partial charge in [-0.15, -0.1) is 10.2 Å². The van der Waals surface area contributed by atoms with Crippen LogP contribution in [0.15, 0.2) is 30.3 Å². The lowest BCUT2D eigenvalue weighted by atomic mass is 10.1. The zero-order valence-electron chi connectivity index (χ0n) is 14.3. The van der Waals surface area contributed by atoms with E-state index in [1.54, 1.807) is 11.9 Å². The SMILES string of the molecule is CN1C[C@H](C(=O)N2CCc3nnc(-c4ccccc4)n3CC2)CC1=O. The second kappa shape index (κ2) is 6.31. The summed E-state index contributed by atoms with van der Waals surface area (Å²) in [7, 11) is 1.76. The summed E-state index contributed by atoms with van der Waals surface area (Å²) >= 11 is 0. The molecule has 1 atom stereocenters. The first kappa shape index (κ1) is 15.8. The molecule has 25 heavy (non-hydrogen) atoms. The van der Waals surface area contributed by atoms with Crippen molar-refractivity contribution in [1.29, 1.82) is 0 Å². The van der Waals surface area contributed by atoms with Crippen LogP contribution in [0.25, 0.3) is 11.4 Å². The molecule has 2 aromatic rings. The molecule has 0 N–H and O–H groups in total. The average Bonchev–Trinajstić information content (AvgIpc) is 3.11. The van der Waals surface area contributed by atoms with Gasteiger partial charge in [0.15, 0.2) is 5.82 Å². The van der Waals surface area contributed by atoms with Crippen molar-refractivity contribution in [2.75, 3.05) is 26.7 Å². The fraction of sp³-hybridized carbons (Fsp3) is 0.444. The van der Waals surface area contributed by atoms with Crippen molar-refractivity contribution in [2.24, 2.45) is 5.92 Å². The van der Waals surface area contributed by atoms with E-state index in [9.17, 15) is 9.59 Å². The summed E-state index contributed by atoms with van der Waals surface area (Å²) in [4.78, 5) is 28.0. The minimum atomic E-state index is -0.213. The van der Waals surface area contributed by atoms with Crippen LogP contribution in [0.5, 0.6) is 0 Å². The van der Waals surface area contributed by atoms with Gasteiger partial charge in [0.05, 0.1) is 5.92 Å². The number of carbonyl (C=O) groups is 2. The Morgan fingerprint density at radius 2 is 1.92 bits per heavy atom. The third-order valence-electron chi connectivity index (χ3n) is 5.06. The Morgan fingerprint density at radius 1 is 1.12 bits per heavy atom. The van der Waals surface area contributed by atoms with E-state index in [1.165, 1.54) is 0 Å². The Kier molecular flexibility index (Phi) is 3.99. The lowest BCUT2D eigenvalue weighted by molar-refractivity contribution is -0.135. The fourth-order valence-electron chi connectivity index (χ4n) is 3.63. The summed E-state index contributed by atoms with van der Waals surface area (Å²) < 4.78 is 2.11. The van der Waals surface area contributed by atoms with Crippen LogP contribution in [0.1, 0.15) is 12.2 Å². The maximum Gasteiger partial charge on any atom is 0.228 e. The van der Waals surface area contributed by atoms with Crippen molar-refractivity contribution in [3.63, 3.8) is 0 Å². The number of likely N-dealkylation sites (tertiary alicyclic amines) is 1. The van der Waals surface area contributed by atoms with Crippen LogP contribution in [0.3, 0.4) is 0 Å². The number of hydrogen-bond acceptors (Lipinski definition) is 4. The number of carbonyl (C=O) groups excluding carboxylic acids is 2. The highest BCUT2D eigenvalue weighted by Gasteiger charge is 2.35. The van der Waals surface area contributed by atoms with E-state index in [2.05, 4.69) is 14.8 Å². The van der Waals surface area contributed by atoms with Gasteiger partial charge in [-0.1, -0.05) is 30.3 Å². The first-order valence-electron chi connectivity index (χ1n) is 8.63. The number of rotatable bonds is 2. The largest absolute Gasteiger partial charge is 0.345 e. The molecule has 1 aromatic heterocycles. The van der Waals surface area contributed by atoms with Crippen LogP contribution in [0.2, 0.25) is 0 Å². The van der Waals surface area contributed by atoms with Crippen molar-refractivity contribution in [2.45, 2.75) is 19.4 Å². The maximum absolute atomic E-state index is 12.8. The number of fused-ring (bicyclic) bond motifs is 1. The van der Waals surface area contributed by atoms with Crippen LogP contribution < -0.4 is 0 Å². The first-order valence-corrected chi connectivity index (χ1v) is 8.63. The second-order valence-corrected chi connectivity index (χ2v) is 6.71. The van der Waals surface area contributed by atoms with E-state index in [0.717, 1.165) is 17.2 Å². The van der Waals surface area contributed by atoms with Crippen LogP contribution in [-0.4, -0.2) is 63.1 Å². The summed E-state index contributed by atoms with van der Waals surface area (Å²) in [6.07, 6.45) is 1.01. The van der Waals surface area contributed by atoms with E-state index in [0.29, 0.717) is 39.0 Å². The maximum atomic E-state index is 12.8. The van der Waals surface area contributed by atoms with Gasteiger partial charge in [-0.25, -0.2) is 0 Å². The molecule has 0 unspecified atom stereocenters. The molecule has 0 saturated carbocycles. The Morgan fingerprint density at radius 3 is 2.64 bits per heavy atom. The molecule has 1 aromatic carbocycles. The Labute approximate surface area is 146 Å². The normalized spacial score (nSPS) is 20.5. The zero-order chi connectivity index (χ0) is 17.4. The summed E-state index contributed by atoms with van der Waals surface area (Å²) in [5.74, 6) is 1.68. The van der Waals surface area contributed by atoms with Crippen LogP contribution in [0.4, 0.5) is 0 Å². The number of benzene rings is 1. The predicted octanol–water partition coefficient (Wildman–Crippen LogP) is 0.808. The Hall–Kier alpha value is -2.70. The molecule has 0 aliphatic carbocycles. The van der Waals surface area contributed by atoms with E-state index in [1.807, 2.05) is 35.2 Å². The van der Waals surface area contributed by atoms with E-state index >= 15 is 0 Å². The highest BCUT2D eigenvalue weighted by molar-refractivity contribution is 5.89. The van der Waals surface area contributed by atoms with Gasteiger partial charge in [-0.2, -0.15) is 0 Å². The predicted molar refractivity (Wildman–Crippen MR) is 91.5 cm³/mol. The van der Waals surface area contributed by atoms with Gasteiger partial charge in [0.25, 0.3) is 0 Å². The van der Waals surface area contributed by atoms with E-state index in [4.69, 9.17) is 0 Å². The summed E-state index contributed by atoms with van der Waals surface area (Å²) in [5, 5.41) is 8.66. The molecule has 7 nitrogen and oxygen atoms in total. The molecular formula is C18H21N5O2. The van der Waals surface area contributed by atoms with Gasteiger partial charge in [0.1, 0.15) is 5.82 Å². The van der Waals surface area contributed by atoms with Gasteiger partial charge < -0.3 is 14.4 Å². The quantitative estimate of drug-likeness (QED) is 0.812. The zero-order valence-corrected chi connectivity index (χ0v) is 14.3. The standard InChI is InChI=1S/C18H21N5O2/c1-21-12-14(11-16(21)24)18(25)22-8-7-15-19-20-17(23(15)10-9-22)13-5-3-2-4-6-13/h2-6,14H,7-12H2,1H3/t14-/m1/s1. The molecule has 1 fully saturated rings. The molecular weight excluding hydrogens is 318 g/mol. The van der Waals surface area contributed by atoms with Gasteiger partial charge in [-0.05, 0) is 0 Å². The highest BCUT2D eigenvalue weighted by Crippen LogP contribution is 2.22. The number of aromatic nitrogens is 3. The van der Waals surface area contributed by atoms with Crippen LogP contribution in [-0.2, 0) is 22.6 Å². The van der Waals surface area contributed by atoms with Gasteiger partial charge in [0.2, 0.25) is 11.8 Å². The molecule has 0 spiro atoms. The molecule has 2 aliphatic rings. The van der Waals surface area contributed by atoms with E-state index < -0.39 is 0 Å². The fourth-order valence-corrected chi connectivity index (χ4v) is 3.63. The van der Waals surface area contributed by atoms with Crippen molar-refractivity contribution in [3.8, 4) is 11.4 Å². The van der Waals surface area contributed by atoms with Crippen molar-refractivity contribution < 1.29 is 9.59 Å². The number of amides is 2. The molecule has 3 heterocycles. The van der Waals surface area contributed by atoms with Gasteiger partial charge in [0, 0.05) is 51.6 Å². The van der Waals surface area contributed by atoms with Crippen LogP contribution >= 0.6 is 0 Å². The van der Waals surface area contributed by atoms with E-state index in [-0.39, 0.29) is 17.7 Å². The molecule has 0 bridgehead atoms. The highest BCUT2D eigenvalue weighted by atomic mass is 16.2. The molecule has 0 radical (unpaired) electrons. The number of nitrogens with zero attached hydrogens (tertiary/aromatic N) is 5. The molecule has 2 amide bonds. The third kappa shape index (κ3) is 2.90. The Balaban J connectivity index is 1.50. The number of hydrogen-bond donors (Lipinski definition) is 0. The average molecular weight is 339 g/mol. The monoisotopic (exact) mass is 339 g/mol. The smallest absolute Gasteiger partial charge is 0.228 e.